The summed E-state index contributed by atoms with van der Waals surface area (Å²) in [6.45, 7) is 1.73. The lowest BCUT2D eigenvalue weighted by atomic mass is 10.0. The third-order valence-electron chi connectivity index (χ3n) is 4.61. The molecule has 3 rings (SSSR count). The number of ketones is 1. The SMILES string of the molecule is O=C(CCCC(=O)N1CCC(=C2CC2)CC1)c1ccccc1. The van der Waals surface area contributed by atoms with Gasteiger partial charge >= 0.3 is 0 Å². The van der Waals surface area contributed by atoms with Gasteiger partial charge in [-0.15, -0.1) is 0 Å². The Balaban J connectivity index is 1.39. The Labute approximate surface area is 132 Å². The van der Waals surface area contributed by atoms with Crippen molar-refractivity contribution in [3.63, 3.8) is 0 Å². The number of benzene rings is 1. The minimum Gasteiger partial charge on any atom is -0.342 e. The number of Topliss-reactive ketones (excluding diaryl/α,β-unsaturated/α-hetero) is 1. The minimum absolute atomic E-state index is 0.132. The summed E-state index contributed by atoms with van der Waals surface area (Å²) in [5.41, 5.74) is 3.98. The molecular formula is C19H23NO2. The van der Waals surface area contributed by atoms with Gasteiger partial charge in [0.1, 0.15) is 0 Å². The summed E-state index contributed by atoms with van der Waals surface area (Å²) in [6.07, 6.45) is 6.28. The lowest BCUT2D eigenvalue weighted by Gasteiger charge is -2.28. The molecule has 1 aliphatic heterocycles. The van der Waals surface area contributed by atoms with Crippen LogP contribution in [0, 0.1) is 0 Å². The van der Waals surface area contributed by atoms with Gasteiger partial charge in [-0.25, -0.2) is 0 Å². The first-order valence-electron chi connectivity index (χ1n) is 8.30. The number of allylic oxidation sites excluding steroid dienone is 1. The van der Waals surface area contributed by atoms with Gasteiger partial charge in [-0.1, -0.05) is 41.5 Å². The van der Waals surface area contributed by atoms with E-state index in [1.165, 1.54) is 12.8 Å². The quantitative estimate of drug-likeness (QED) is 0.613. The molecule has 3 heteroatoms. The highest BCUT2D eigenvalue weighted by molar-refractivity contribution is 5.96. The van der Waals surface area contributed by atoms with Crippen molar-refractivity contribution in [2.75, 3.05) is 13.1 Å². The molecule has 1 aliphatic carbocycles. The summed E-state index contributed by atoms with van der Waals surface area (Å²) < 4.78 is 0. The second-order valence-corrected chi connectivity index (χ2v) is 6.23. The van der Waals surface area contributed by atoms with Gasteiger partial charge in [-0.2, -0.15) is 0 Å². The van der Waals surface area contributed by atoms with Crippen LogP contribution in [0.3, 0.4) is 0 Å². The van der Waals surface area contributed by atoms with Gasteiger partial charge in [0.2, 0.25) is 5.91 Å². The molecule has 0 radical (unpaired) electrons. The summed E-state index contributed by atoms with van der Waals surface area (Å²) in [6, 6.07) is 9.32. The molecular weight excluding hydrogens is 274 g/mol. The molecule has 0 bridgehead atoms. The van der Waals surface area contributed by atoms with Gasteiger partial charge in [0.05, 0.1) is 0 Å². The summed E-state index contributed by atoms with van der Waals surface area (Å²) in [5, 5.41) is 0. The molecule has 0 N–H and O–H groups in total. The lowest BCUT2D eigenvalue weighted by Crippen LogP contribution is -2.36. The van der Waals surface area contributed by atoms with Crippen molar-refractivity contribution >= 4 is 11.7 Å². The number of carbonyl (C=O) groups excluding carboxylic acids is 2. The molecule has 1 saturated heterocycles. The number of rotatable bonds is 5. The van der Waals surface area contributed by atoms with Crippen LogP contribution in [0.25, 0.3) is 0 Å². The molecule has 1 aromatic carbocycles. The molecule has 2 fully saturated rings. The highest BCUT2D eigenvalue weighted by Gasteiger charge is 2.24. The molecule has 116 valence electrons. The maximum Gasteiger partial charge on any atom is 0.222 e. The molecule has 0 aromatic heterocycles. The van der Waals surface area contributed by atoms with Crippen LogP contribution < -0.4 is 0 Å². The van der Waals surface area contributed by atoms with Crippen molar-refractivity contribution in [3.05, 3.63) is 47.0 Å². The highest BCUT2D eigenvalue weighted by Crippen LogP contribution is 2.36. The zero-order valence-electron chi connectivity index (χ0n) is 13.0. The van der Waals surface area contributed by atoms with E-state index in [0.717, 1.165) is 31.5 Å². The Morgan fingerprint density at radius 3 is 2.14 bits per heavy atom. The van der Waals surface area contributed by atoms with Gasteiger partial charge < -0.3 is 4.90 Å². The van der Waals surface area contributed by atoms with Crippen LogP contribution in [0.1, 0.15) is 55.3 Å². The molecule has 1 saturated carbocycles. The van der Waals surface area contributed by atoms with Crippen molar-refractivity contribution in [1.29, 1.82) is 0 Å². The Kier molecular flexibility index (Phi) is 4.71. The van der Waals surface area contributed by atoms with Gasteiger partial charge in [0.15, 0.2) is 5.78 Å². The van der Waals surface area contributed by atoms with Crippen molar-refractivity contribution in [1.82, 2.24) is 4.90 Å². The van der Waals surface area contributed by atoms with Crippen LogP contribution >= 0.6 is 0 Å². The van der Waals surface area contributed by atoms with E-state index in [9.17, 15) is 9.59 Å². The molecule has 2 aliphatic rings. The van der Waals surface area contributed by atoms with E-state index in [0.29, 0.717) is 19.3 Å². The van der Waals surface area contributed by atoms with E-state index >= 15 is 0 Å². The molecule has 0 spiro atoms. The van der Waals surface area contributed by atoms with E-state index in [1.807, 2.05) is 35.2 Å². The summed E-state index contributed by atoms with van der Waals surface area (Å²) in [4.78, 5) is 26.2. The molecule has 3 nitrogen and oxygen atoms in total. The van der Waals surface area contributed by atoms with Gasteiger partial charge in [0.25, 0.3) is 0 Å². The lowest BCUT2D eigenvalue weighted by molar-refractivity contribution is -0.131. The van der Waals surface area contributed by atoms with Crippen LogP contribution in [-0.4, -0.2) is 29.7 Å². The van der Waals surface area contributed by atoms with Gasteiger partial charge in [0, 0.05) is 31.5 Å². The first kappa shape index (κ1) is 15.0. The van der Waals surface area contributed by atoms with Crippen LogP contribution in [0.4, 0.5) is 0 Å². The zero-order valence-corrected chi connectivity index (χ0v) is 13.0. The standard InChI is InChI=1S/C19H23NO2/c21-18(17-5-2-1-3-6-17)7-4-8-19(22)20-13-11-16(12-14-20)15-9-10-15/h1-3,5-6H,4,7-14H2. The smallest absolute Gasteiger partial charge is 0.222 e. The number of hydrogen-bond acceptors (Lipinski definition) is 2. The summed E-state index contributed by atoms with van der Waals surface area (Å²) in [7, 11) is 0. The molecule has 0 unspecified atom stereocenters. The molecule has 1 heterocycles. The Bertz CT molecular complexity index is 573. The van der Waals surface area contributed by atoms with Crippen molar-refractivity contribution in [2.45, 2.75) is 44.9 Å². The summed E-state index contributed by atoms with van der Waals surface area (Å²) >= 11 is 0. The largest absolute Gasteiger partial charge is 0.342 e. The van der Waals surface area contributed by atoms with Crippen LogP contribution in [0.5, 0.6) is 0 Å². The Morgan fingerprint density at radius 2 is 1.50 bits per heavy atom. The van der Waals surface area contributed by atoms with E-state index < -0.39 is 0 Å². The zero-order chi connectivity index (χ0) is 15.4. The average molecular weight is 297 g/mol. The molecule has 0 atom stereocenters. The van der Waals surface area contributed by atoms with Crippen molar-refractivity contribution < 1.29 is 9.59 Å². The van der Waals surface area contributed by atoms with E-state index in [4.69, 9.17) is 0 Å². The number of piperidine rings is 1. The number of hydrogen-bond donors (Lipinski definition) is 0. The predicted molar refractivity (Wildman–Crippen MR) is 86.7 cm³/mol. The van der Waals surface area contributed by atoms with Gasteiger partial charge in [-0.05, 0) is 32.1 Å². The maximum absolute atomic E-state index is 12.2. The molecule has 1 amide bonds. The summed E-state index contributed by atoms with van der Waals surface area (Å²) in [5.74, 6) is 0.341. The number of amides is 1. The monoisotopic (exact) mass is 297 g/mol. The highest BCUT2D eigenvalue weighted by atomic mass is 16.2. The number of nitrogens with zero attached hydrogens (tertiary/aromatic N) is 1. The Hall–Kier alpha value is -1.90. The van der Waals surface area contributed by atoms with E-state index in [1.54, 1.807) is 11.1 Å². The van der Waals surface area contributed by atoms with Crippen LogP contribution in [0.2, 0.25) is 0 Å². The first-order chi connectivity index (χ1) is 10.7. The van der Waals surface area contributed by atoms with Crippen LogP contribution in [-0.2, 0) is 4.79 Å². The minimum atomic E-state index is 0.132. The van der Waals surface area contributed by atoms with Crippen LogP contribution in [0.15, 0.2) is 41.5 Å². The fraction of sp³-hybridized carbons (Fsp3) is 0.474. The number of likely N-dealkylation sites (tertiary alicyclic amines) is 1. The second kappa shape index (κ2) is 6.91. The normalized spacial score (nSPS) is 17.5. The molecule has 1 aromatic rings. The Morgan fingerprint density at radius 1 is 0.864 bits per heavy atom. The average Bonchev–Trinajstić information content (AvgIpc) is 3.40. The third kappa shape index (κ3) is 3.85. The fourth-order valence-electron chi connectivity index (χ4n) is 3.12. The van der Waals surface area contributed by atoms with E-state index in [-0.39, 0.29) is 11.7 Å². The fourth-order valence-corrected chi connectivity index (χ4v) is 3.12. The predicted octanol–water partition coefficient (Wildman–Crippen LogP) is 3.75. The van der Waals surface area contributed by atoms with Crippen molar-refractivity contribution in [3.8, 4) is 0 Å². The van der Waals surface area contributed by atoms with Crippen molar-refractivity contribution in [2.24, 2.45) is 0 Å². The topological polar surface area (TPSA) is 37.4 Å². The third-order valence-corrected chi connectivity index (χ3v) is 4.61. The van der Waals surface area contributed by atoms with Gasteiger partial charge in [-0.3, -0.25) is 9.59 Å². The van der Waals surface area contributed by atoms with E-state index in [2.05, 4.69) is 0 Å². The maximum atomic E-state index is 12.2. The second-order valence-electron chi connectivity index (χ2n) is 6.23. The number of carbonyl (C=O) groups is 2. The molecule has 22 heavy (non-hydrogen) atoms. The first-order valence-corrected chi connectivity index (χ1v) is 8.30.